The summed E-state index contributed by atoms with van der Waals surface area (Å²) in [7, 11) is -10.7. The van der Waals surface area contributed by atoms with Gasteiger partial charge in [-0.2, -0.15) is 0 Å². The summed E-state index contributed by atoms with van der Waals surface area (Å²) in [6, 6.07) is 0. The highest BCUT2D eigenvalue weighted by atomic mass is 31.2. The molecule has 0 aliphatic carbocycles. The van der Waals surface area contributed by atoms with Crippen LogP contribution in [0.4, 0.5) is 0 Å². The molecule has 0 unspecified atom stereocenters. The Morgan fingerprint density at radius 3 is 1.58 bits per heavy atom. The lowest BCUT2D eigenvalue weighted by Crippen LogP contribution is -2.33. The highest BCUT2D eigenvalue weighted by Crippen LogP contribution is 2.51. The van der Waals surface area contributed by atoms with Gasteiger partial charge in [-0.1, -0.05) is 21.3 Å². The summed E-state index contributed by atoms with van der Waals surface area (Å²) in [6.07, 6.45) is 0.240. The first kappa shape index (κ1) is 12.0. The van der Waals surface area contributed by atoms with Crippen LogP contribution >= 0.6 is 15.2 Å². The first-order valence-corrected chi connectivity index (χ1v) is 6.06. The second-order valence-corrected chi connectivity index (χ2v) is 5.90. The molecule has 0 bridgehead atoms. The van der Waals surface area contributed by atoms with E-state index < -0.39 is 27.0 Å². The Hall–Kier alpha value is 0.0400. The predicted molar refractivity (Wildman–Crippen MR) is 33.8 cm³/mol. The molecule has 0 saturated carbocycles. The summed E-state index contributed by atoms with van der Waals surface area (Å²) in [5, 5.41) is -2.40. The molecule has 0 N–H and O–H groups in total. The lowest BCUT2D eigenvalue weighted by Gasteiger charge is -2.48. The molecule has 0 radical (unpaired) electrons. The second-order valence-electron chi connectivity index (χ2n) is 2.08. The van der Waals surface area contributed by atoms with Crippen molar-refractivity contribution in [3.63, 3.8) is 0 Å². The Morgan fingerprint density at radius 1 is 1.17 bits per heavy atom. The van der Waals surface area contributed by atoms with Crippen molar-refractivity contribution in [2.24, 2.45) is 0 Å². The lowest BCUT2D eigenvalue weighted by molar-refractivity contribution is -0.329. The molecule has 0 atom stereocenters. The summed E-state index contributed by atoms with van der Waals surface area (Å²) < 4.78 is 20.4. The van der Waals surface area contributed by atoms with Crippen LogP contribution in [-0.2, 0) is 9.13 Å². The average Bonchev–Trinajstić information content (AvgIpc) is 1.77. The van der Waals surface area contributed by atoms with Crippen molar-refractivity contribution in [2.45, 2.75) is 11.8 Å². The predicted octanol–water partition coefficient (Wildman–Crippen LogP) is -2.28. The molecule has 0 spiro atoms. The quantitative estimate of drug-likeness (QED) is 0.381. The largest absolute Gasteiger partial charge is 0.810 e. The van der Waals surface area contributed by atoms with Crippen molar-refractivity contribution in [3.05, 3.63) is 12.7 Å². The summed E-state index contributed by atoms with van der Waals surface area (Å²) in [6.45, 7) is 3.03. The van der Waals surface area contributed by atoms with Gasteiger partial charge in [0.25, 0.3) is 0 Å². The van der Waals surface area contributed by atoms with Crippen molar-refractivity contribution in [1.82, 2.24) is 0 Å². The molecule has 0 fully saturated rings. The van der Waals surface area contributed by atoms with Crippen molar-refractivity contribution in [2.75, 3.05) is 0 Å². The summed E-state index contributed by atoms with van der Waals surface area (Å²) in [5.41, 5.74) is 0. The Morgan fingerprint density at radius 2 is 1.50 bits per heavy atom. The van der Waals surface area contributed by atoms with Gasteiger partial charge in [-0.25, -0.2) is 0 Å². The molecule has 0 amide bonds. The van der Waals surface area contributed by atoms with E-state index in [1.54, 1.807) is 0 Å². The normalized spacial score (nSPS) is 13.4. The van der Waals surface area contributed by atoms with E-state index in [1.165, 1.54) is 0 Å². The fraction of sp³-hybridized carbons (Fsp3) is 0.500. The molecule has 0 saturated heterocycles. The van der Waals surface area contributed by atoms with Crippen molar-refractivity contribution < 1.29 is 28.7 Å². The molecule has 0 aromatic rings. The zero-order chi connectivity index (χ0) is 9.99. The minimum absolute atomic E-state index is 0.658. The maximum atomic E-state index is 10.2. The summed E-state index contributed by atoms with van der Waals surface area (Å²) in [5.74, 6) is 0. The SMILES string of the molecule is C=CCC(P(=O)([O-])[O-])P(=O)([O-])[O-]. The van der Waals surface area contributed by atoms with E-state index in [0.717, 1.165) is 6.08 Å². The van der Waals surface area contributed by atoms with Crippen molar-refractivity contribution >= 4 is 15.2 Å². The van der Waals surface area contributed by atoms with Gasteiger partial charge in [0.15, 0.2) is 0 Å². The van der Waals surface area contributed by atoms with Crippen LogP contribution in [0.1, 0.15) is 6.42 Å². The first-order valence-electron chi connectivity index (χ1n) is 2.84. The fourth-order valence-electron chi connectivity index (χ4n) is 0.580. The Balaban J connectivity index is 4.81. The van der Waals surface area contributed by atoms with Crippen LogP contribution in [0.5, 0.6) is 0 Å². The third kappa shape index (κ3) is 3.63. The van der Waals surface area contributed by atoms with Crippen LogP contribution in [-0.4, -0.2) is 5.40 Å². The van der Waals surface area contributed by atoms with Crippen molar-refractivity contribution in [3.8, 4) is 0 Å². The van der Waals surface area contributed by atoms with Gasteiger partial charge in [-0.15, -0.1) is 6.58 Å². The highest BCUT2D eigenvalue weighted by Gasteiger charge is 2.14. The second kappa shape index (κ2) is 3.83. The van der Waals surface area contributed by atoms with Crippen LogP contribution in [0.2, 0.25) is 0 Å². The molecular weight excluding hydrogens is 206 g/mol. The Kier molecular flexibility index (Phi) is 3.85. The molecule has 12 heavy (non-hydrogen) atoms. The van der Waals surface area contributed by atoms with E-state index in [0.29, 0.717) is 0 Å². The minimum atomic E-state index is -5.37. The average molecular weight is 212 g/mol. The van der Waals surface area contributed by atoms with Crippen LogP contribution in [0.3, 0.4) is 0 Å². The Labute approximate surface area is 69.2 Å². The summed E-state index contributed by atoms with van der Waals surface area (Å²) >= 11 is 0. The molecule has 0 rings (SSSR count). The molecular formula is C4H6O6P2-4. The third-order valence-electron chi connectivity index (χ3n) is 1.11. The van der Waals surface area contributed by atoms with Crippen LogP contribution in [0, 0.1) is 0 Å². The molecule has 72 valence electrons. The molecule has 0 aromatic heterocycles. The van der Waals surface area contributed by atoms with Crippen LogP contribution < -0.4 is 19.6 Å². The molecule has 6 nitrogen and oxygen atoms in total. The van der Waals surface area contributed by atoms with Gasteiger partial charge in [-0.05, 0) is 6.42 Å². The standard InChI is InChI=1S/C4H10O6P2/c1-2-3-4(11(5,6)7)12(8,9)10/h2,4H,1,3H2,(H2,5,6,7)(H2,8,9,10)/p-4. The monoisotopic (exact) mass is 212 g/mol. The maximum absolute atomic E-state index is 10.2. The van der Waals surface area contributed by atoms with Crippen LogP contribution in [0.15, 0.2) is 12.7 Å². The van der Waals surface area contributed by atoms with Gasteiger partial charge in [0.1, 0.15) is 0 Å². The number of allylic oxidation sites excluding steroid dienone is 1. The lowest BCUT2D eigenvalue weighted by atomic mass is 10.5. The van der Waals surface area contributed by atoms with E-state index >= 15 is 0 Å². The van der Waals surface area contributed by atoms with Gasteiger partial charge >= 0.3 is 0 Å². The topological polar surface area (TPSA) is 126 Å². The highest BCUT2D eigenvalue weighted by molar-refractivity contribution is 7.68. The molecule has 0 aliphatic heterocycles. The van der Waals surface area contributed by atoms with Gasteiger partial charge in [-0.3, -0.25) is 0 Å². The smallest absolute Gasteiger partial charge is 0.0178 e. The molecule has 0 aliphatic rings. The third-order valence-corrected chi connectivity index (χ3v) is 4.69. The van der Waals surface area contributed by atoms with Gasteiger partial charge in [0.2, 0.25) is 0 Å². The van der Waals surface area contributed by atoms with Crippen molar-refractivity contribution in [1.29, 1.82) is 0 Å². The maximum Gasteiger partial charge on any atom is 0.0178 e. The number of hydrogen-bond donors (Lipinski definition) is 0. The molecule has 0 aromatic carbocycles. The minimum Gasteiger partial charge on any atom is -0.810 e. The number of rotatable bonds is 4. The van der Waals surface area contributed by atoms with Gasteiger partial charge in [0.05, 0.1) is 0 Å². The summed E-state index contributed by atoms with van der Waals surface area (Å²) in [4.78, 5) is 40.9. The van der Waals surface area contributed by atoms with Gasteiger partial charge < -0.3 is 28.7 Å². The zero-order valence-electron chi connectivity index (χ0n) is 5.91. The van der Waals surface area contributed by atoms with E-state index in [2.05, 4.69) is 6.58 Å². The van der Waals surface area contributed by atoms with Crippen LogP contribution in [0.25, 0.3) is 0 Å². The van der Waals surface area contributed by atoms with E-state index in [4.69, 9.17) is 0 Å². The first-order chi connectivity index (χ1) is 5.19. The van der Waals surface area contributed by atoms with Gasteiger partial charge in [0, 0.05) is 5.40 Å². The molecule has 0 heterocycles. The Bertz CT molecular complexity index is 226. The zero-order valence-corrected chi connectivity index (χ0v) is 7.70. The van der Waals surface area contributed by atoms with E-state index in [1.807, 2.05) is 0 Å². The van der Waals surface area contributed by atoms with E-state index in [-0.39, 0.29) is 0 Å². The number of hydrogen-bond acceptors (Lipinski definition) is 6. The fourth-order valence-corrected chi connectivity index (χ4v) is 2.78. The van der Waals surface area contributed by atoms with E-state index in [9.17, 15) is 28.7 Å². The molecule has 8 heteroatoms.